The predicted molar refractivity (Wildman–Crippen MR) is 60.3 cm³/mol. The summed E-state index contributed by atoms with van der Waals surface area (Å²) in [5.41, 5.74) is 0. The highest BCUT2D eigenvalue weighted by molar-refractivity contribution is 7.09. The summed E-state index contributed by atoms with van der Waals surface area (Å²) >= 11 is 1.75. The Hall–Kier alpha value is -1.03. The van der Waals surface area contributed by atoms with Crippen molar-refractivity contribution in [3.05, 3.63) is 22.4 Å². The van der Waals surface area contributed by atoms with Gasteiger partial charge in [-0.25, -0.2) is 4.79 Å². The second kappa shape index (κ2) is 4.23. The van der Waals surface area contributed by atoms with Crippen molar-refractivity contribution in [1.82, 2.24) is 4.90 Å². The Kier molecular flexibility index (Phi) is 2.95. The molecule has 15 heavy (non-hydrogen) atoms. The van der Waals surface area contributed by atoms with Gasteiger partial charge < -0.3 is 10.0 Å². The van der Waals surface area contributed by atoms with Gasteiger partial charge in [0.1, 0.15) is 0 Å². The minimum Gasteiger partial charge on any atom is -0.465 e. The fourth-order valence-electron chi connectivity index (χ4n) is 2.27. The van der Waals surface area contributed by atoms with E-state index in [0.717, 1.165) is 12.8 Å². The van der Waals surface area contributed by atoms with Crippen LogP contribution in [0.2, 0.25) is 0 Å². The van der Waals surface area contributed by atoms with Gasteiger partial charge in [-0.15, -0.1) is 11.3 Å². The van der Waals surface area contributed by atoms with E-state index in [0.29, 0.717) is 12.5 Å². The topological polar surface area (TPSA) is 40.5 Å². The third kappa shape index (κ3) is 2.31. The van der Waals surface area contributed by atoms with Gasteiger partial charge >= 0.3 is 6.09 Å². The summed E-state index contributed by atoms with van der Waals surface area (Å²) in [4.78, 5) is 13.8. The first-order valence-electron chi connectivity index (χ1n) is 5.18. The van der Waals surface area contributed by atoms with Gasteiger partial charge in [-0.2, -0.15) is 0 Å². The number of carbonyl (C=O) groups is 1. The van der Waals surface area contributed by atoms with Gasteiger partial charge in [0.2, 0.25) is 0 Å². The Balaban J connectivity index is 1.94. The molecule has 0 aromatic carbocycles. The van der Waals surface area contributed by atoms with Crippen LogP contribution in [0, 0.1) is 5.92 Å². The molecule has 1 fully saturated rings. The quantitative estimate of drug-likeness (QED) is 0.840. The van der Waals surface area contributed by atoms with Crippen LogP contribution in [0.25, 0.3) is 0 Å². The van der Waals surface area contributed by atoms with E-state index < -0.39 is 6.09 Å². The lowest BCUT2D eigenvalue weighted by molar-refractivity contribution is 0.142. The van der Waals surface area contributed by atoms with E-state index in [4.69, 9.17) is 5.11 Å². The van der Waals surface area contributed by atoms with E-state index >= 15 is 0 Å². The summed E-state index contributed by atoms with van der Waals surface area (Å²) in [6.45, 7) is 2.68. The van der Waals surface area contributed by atoms with Gasteiger partial charge in [-0.3, -0.25) is 0 Å². The first-order chi connectivity index (χ1) is 7.16. The van der Waals surface area contributed by atoms with Gasteiger partial charge in [0, 0.05) is 17.5 Å². The molecule has 0 bridgehead atoms. The zero-order valence-electron chi connectivity index (χ0n) is 8.72. The van der Waals surface area contributed by atoms with Gasteiger partial charge in [-0.05, 0) is 37.1 Å². The summed E-state index contributed by atoms with van der Waals surface area (Å²) in [6, 6.07) is 4.35. The van der Waals surface area contributed by atoms with Gasteiger partial charge in [0.15, 0.2) is 0 Å². The fraction of sp³-hybridized carbons (Fsp3) is 0.545. The molecule has 82 valence electrons. The van der Waals surface area contributed by atoms with Crippen molar-refractivity contribution in [2.45, 2.75) is 25.8 Å². The monoisotopic (exact) mass is 225 g/mol. The van der Waals surface area contributed by atoms with E-state index in [1.165, 1.54) is 4.88 Å². The molecule has 1 aromatic heterocycles. The van der Waals surface area contributed by atoms with Crippen LogP contribution in [-0.2, 0) is 6.42 Å². The number of carboxylic acid groups (broad SMARTS) is 1. The maximum Gasteiger partial charge on any atom is 0.407 e. The van der Waals surface area contributed by atoms with Crippen molar-refractivity contribution in [3.8, 4) is 0 Å². The number of likely N-dealkylation sites (tertiary alicyclic amines) is 1. The number of hydrogen-bond acceptors (Lipinski definition) is 2. The number of rotatable bonds is 2. The van der Waals surface area contributed by atoms with E-state index in [1.807, 2.05) is 13.0 Å². The molecule has 2 atom stereocenters. The van der Waals surface area contributed by atoms with Crippen molar-refractivity contribution >= 4 is 17.4 Å². The molecule has 0 saturated carbocycles. The molecule has 2 heterocycles. The van der Waals surface area contributed by atoms with Crippen LogP contribution in [0.5, 0.6) is 0 Å². The summed E-state index contributed by atoms with van der Waals surface area (Å²) < 4.78 is 0. The second-order valence-corrected chi connectivity index (χ2v) is 5.20. The first kappa shape index (κ1) is 10.5. The summed E-state index contributed by atoms with van der Waals surface area (Å²) in [5, 5.41) is 11.0. The van der Waals surface area contributed by atoms with Crippen molar-refractivity contribution in [2.24, 2.45) is 5.92 Å². The maximum absolute atomic E-state index is 10.9. The van der Waals surface area contributed by atoms with Crippen LogP contribution in [-0.4, -0.2) is 28.7 Å². The van der Waals surface area contributed by atoms with Crippen LogP contribution < -0.4 is 0 Å². The maximum atomic E-state index is 10.9. The lowest BCUT2D eigenvalue weighted by atomic mass is 10.0. The fourth-order valence-corrected chi connectivity index (χ4v) is 3.09. The Morgan fingerprint density at radius 3 is 3.07 bits per heavy atom. The molecule has 0 spiro atoms. The molecule has 1 aliphatic rings. The minimum absolute atomic E-state index is 0.174. The minimum atomic E-state index is -0.781. The second-order valence-electron chi connectivity index (χ2n) is 4.17. The first-order valence-corrected chi connectivity index (χ1v) is 6.06. The van der Waals surface area contributed by atoms with E-state index in [1.54, 1.807) is 16.2 Å². The van der Waals surface area contributed by atoms with Gasteiger partial charge in [0.25, 0.3) is 0 Å². The summed E-state index contributed by atoms with van der Waals surface area (Å²) in [6.07, 6.45) is 1.23. The Labute approximate surface area is 93.3 Å². The molecule has 1 aromatic rings. The molecule has 3 nitrogen and oxygen atoms in total. The molecular formula is C11H15NO2S. The van der Waals surface area contributed by atoms with Crippen LogP contribution in [0.3, 0.4) is 0 Å². The Morgan fingerprint density at radius 1 is 1.73 bits per heavy atom. The Morgan fingerprint density at radius 2 is 2.53 bits per heavy atom. The van der Waals surface area contributed by atoms with E-state index in [2.05, 4.69) is 11.4 Å². The number of amides is 1. The molecular weight excluding hydrogens is 210 g/mol. The van der Waals surface area contributed by atoms with Crippen molar-refractivity contribution in [2.75, 3.05) is 6.54 Å². The smallest absolute Gasteiger partial charge is 0.407 e. The highest BCUT2D eigenvalue weighted by atomic mass is 32.1. The molecule has 1 saturated heterocycles. The molecule has 0 unspecified atom stereocenters. The number of thiophene rings is 1. The predicted octanol–water partition coefficient (Wildman–Crippen LogP) is 2.68. The lowest BCUT2D eigenvalue weighted by Crippen LogP contribution is -2.32. The zero-order chi connectivity index (χ0) is 10.8. The third-order valence-electron chi connectivity index (χ3n) is 2.98. The molecule has 2 rings (SSSR count). The molecule has 4 heteroatoms. The van der Waals surface area contributed by atoms with Crippen LogP contribution in [0.4, 0.5) is 4.79 Å². The molecule has 0 aliphatic carbocycles. The van der Waals surface area contributed by atoms with E-state index in [9.17, 15) is 4.79 Å². The van der Waals surface area contributed by atoms with Gasteiger partial charge in [-0.1, -0.05) is 6.07 Å². The van der Waals surface area contributed by atoms with Crippen LogP contribution in [0.1, 0.15) is 18.2 Å². The van der Waals surface area contributed by atoms with Crippen molar-refractivity contribution < 1.29 is 9.90 Å². The van der Waals surface area contributed by atoms with Crippen molar-refractivity contribution in [1.29, 1.82) is 0 Å². The SMILES string of the molecule is C[C@@H]1C[C@H](Cc2cccs2)CN1C(=O)O. The largest absolute Gasteiger partial charge is 0.465 e. The summed E-state index contributed by atoms with van der Waals surface area (Å²) in [5.74, 6) is 0.495. The third-order valence-corrected chi connectivity index (χ3v) is 3.88. The van der Waals surface area contributed by atoms with Gasteiger partial charge in [0.05, 0.1) is 0 Å². The normalized spacial score (nSPS) is 25.8. The molecule has 0 radical (unpaired) electrons. The highest BCUT2D eigenvalue weighted by Crippen LogP contribution is 2.27. The average molecular weight is 225 g/mol. The zero-order valence-corrected chi connectivity index (χ0v) is 9.54. The lowest BCUT2D eigenvalue weighted by Gasteiger charge is -2.16. The number of nitrogens with zero attached hydrogens (tertiary/aromatic N) is 1. The highest BCUT2D eigenvalue weighted by Gasteiger charge is 2.32. The Bertz CT molecular complexity index is 336. The molecule has 1 aliphatic heterocycles. The standard InChI is InChI=1S/C11H15NO2S/c1-8-5-9(7-12(8)11(13)14)6-10-3-2-4-15-10/h2-4,8-9H,5-7H2,1H3,(H,13,14)/t8-,9-/m1/s1. The average Bonchev–Trinajstić information content (AvgIpc) is 2.75. The van der Waals surface area contributed by atoms with Crippen LogP contribution in [0.15, 0.2) is 17.5 Å². The van der Waals surface area contributed by atoms with Crippen molar-refractivity contribution in [3.63, 3.8) is 0 Å². The number of hydrogen-bond donors (Lipinski definition) is 1. The molecule has 1 amide bonds. The van der Waals surface area contributed by atoms with Crippen LogP contribution >= 0.6 is 11.3 Å². The summed E-state index contributed by atoms with van der Waals surface area (Å²) in [7, 11) is 0. The van der Waals surface area contributed by atoms with E-state index in [-0.39, 0.29) is 6.04 Å². The molecule has 1 N–H and O–H groups in total.